The summed E-state index contributed by atoms with van der Waals surface area (Å²) in [5.41, 5.74) is 3.08. The summed E-state index contributed by atoms with van der Waals surface area (Å²) >= 11 is 0. The van der Waals surface area contributed by atoms with Gasteiger partial charge in [0, 0.05) is 5.41 Å². The lowest BCUT2D eigenvalue weighted by molar-refractivity contribution is -0.142. The number of ether oxygens (including phenoxy) is 1. The Bertz CT molecular complexity index is 767. The topological polar surface area (TPSA) is 63.6 Å². The molecule has 0 aromatic rings. The van der Waals surface area contributed by atoms with Crippen molar-refractivity contribution in [3.05, 3.63) is 34.6 Å². The molecular weight excluding hydrogens is 352 g/mol. The van der Waals surface area contributed by atoms with Gasteiger partial charge in [0.15, 0.2) is 5.78 Å². The van der Waals surface area contributed by atoms with Gasteiger partial charge in [-0.1, -0.05) is 38.0 Å². The van der Waals surface area contributed by atoms with Gasteiger partial charge in [-0.05, 0) is 69.9 Å². The lowest BCUT2D eigenvalue weighted by Crippen LogP contribution is -2.32. The average molecular weight is 387 g/mol. The molecule has 3 rings (SSSR count). The summed E-state index contributed by atoms with van der Waals surface area (Å²) < 4.78 is 5.64. The van der Waals surface area contributed by atoms with Crippen LogP contribution in [0.2, 0.25) is 0 Å². The highest BCUT2D eigenvalue weighted by atomic mass is 16.5. The maximum Gasteiger partial charge on any atom is 0.317 e. The van der Waals surface area contributed by atoms with Gasteiger partial charge in [-0.3, -0.25) is 9.59 Å². The van der Waals surface area contributed by atoms with E-state index in [0.29, 0.717) is 11.7 Å². The fourth-order valence-electron chi connectivity index (χ4n) is 5.24. The monoisotopic (exact) mass is 386 g/mol. The first kappa shape index (κ1) is 21.0. The maximum atomic E-state index is 13.0. The Morgan fingerprint density at radius 2 is 1.86 bits per heavy atom. The molecule has 2 aliphatic carbocycles. The van der Waals surface area contributed by atoms with E-state index < -0.39 is 17.4 Å². The molecule has 3 aliphatic rings. The van der Waals surface area contributed by atoms with Crippen molar-refractivity contribution in [2.45, 2.75) is 73.3 Å². The second-order valence-electron chi connectivity index (χ2n) is 9.54. The molecule has 0 amide bonds. The fraction of sp³-hybridized carbons (Fsp3) is 0.667. The first-order chi connectivity index (χ1) is 13.1. The number of ketones is 1. The summed E-state index contributed by atoms with van der Waals surface area (Å²) in [6.07, 6.45) is 6.53. The van der Waals surface area contributed by atoms with Crippen LogP contribution in [0, 0.1) is 29.1 Å². The number of aliphatic hydroxyl groups is 1. The number of carbonyl (C=O) groups excluding carboxylic acids is 2. The first-order valence-electron chi connectivity index (χ1n) is 10.6. The van der Waals surface area contributed by atoms with Crippen molar-refractivity contribution in [1.29, 1.82) is 0 Å². The average Bonchev–Trinajstić information content (AvgIpc) is 3.05. The predicted octanol–water partition coefficient (Wildman–Crippen LogP) is 4.74. The Kier molecular flexibility index (Phi) is 5.73. The largest absolute Gasteiger partial charge is 0.430 e. The van der Waals surface area contributed by atoms with Gasteiger partial charge in [0.25, 0.3) is 0 Å². The van der Waals surface area contributed by atoms with Crippen LogP contribution < -0.4 is 0 Å². The molecule has 0 radical (unpaired) electrons. The molecule has 1 heterocycles. The summed E-state index contributed by atoms with van der Waals surface area (Å²) in [5.74, 6) is 0.429. The Balaban J connectivity index is 2.02. The third-order valence-electron chi connectivity index (χ3n) is 7.12. The van der Waals surface area contributed by atoms with Gasteiger partial charge in [-0.2, -0.15) is 0 Å². The minimum atomic E-state index is -0.758. The Hall–Kier alpha value is -1.68. The van der Waals surface area contributed by atoms with Crippen LogP contribution in [0.15, 0.2) is 34.6 Å². The second kappa shape index (κ2) is 7.62. The van der Waals surface area contributed by atoms with E-state index in [2.05, 4.69) is 33.8 Å². The zero-order chi connectivity index (χ0) is 20.8. The normalized spacial score (nSPS) is 39.5. The highest BCUT2D eigenvalue weighted by molar-refractivity contribution is 5.98. The van der Waals surface area contributed by atoms with Crippen LogP contribution in [0.1, 0.15) is 67.2 Å². The van der Waals surface area contributed by atoms with E-state index in [9.17, 15) is 14.7 Å². The maximum absolute atomic E-state index is 13.0. The Labute approximate surface area is 168 Å². The van der Waals surface area contributed by atoms with Crippen LogP contribution in [-0.2, 0) is 14.3 Å². The van der Waals surface area contributed by atoms with E-state index >= 15 is 0 Å². The number of carbonyl (C=O) groups is 2. The summed E-state index contributed by atoms with van der Waals surface area (Å²) in [7, 11) is 0. The van der Waals surface area contributed by atoms with Crippen molar-refractivity contribution in [3.63, 3.8) is 0 Å². The molecule has 1 aliphatic heterocycles. The minimum absolute atomic E-state index is 0.214. The van der Waals surface area contributed by atoms with Gasteiger partial charge in [-0.15, -0.1) is 0 Å². The van der Waals surface area contributed by atoms with Gasteiger partial charge >= 0.3 is 5.97 Å². The molecule has 4 nitrogen and oxygen atoms in total. The van der Waals surface area contributed by atoms with Crippen molar-refractivity contribution in [1.82, 2.24) is 0 Å². The van der Waals surface area contributed by atoms with Crippen molar-refractivity contribution >= 4 is 11.8 Å². The number of hydrogen-bond acceptors (Lipinski definition) is 4. The summed E-state index contributed by atoms with van der Waals surface area (Å²) in [6, 6.07) is 0. The summed E-state index contributed by atoms with van der Waals surface area (Å²) in [4.78, 5) is 25.4. The predicted molar refractivity (Wildman–Crippen MR) is 109 cm³/mol. The minimum Gasteiger partial charge on any atom is -0.430 e. The smallest absolute Gasteiger partial charge is 0.317 e. The third kappa shape index (κ3) is 3.52. The molecule has 28 heavy (non-hydrogen) atoms. The van der Waals surface area contributed by atoms with Crippen LogP contribution in [0.3, 0.4) is 0 Å². The van der Waals surface area contributed by atoms with E-state index in [-0.39, 0.29) is 23.6 Å². The van der Waals surface area contributed by atoms with Crippen LogP contribution in [0.4, 0.5) is 0 Å². The van der Waals surface area contributed by atoms with Gasteiger partial charge < -0.3 is 9.84 Å². The van der Waals surface area contributed by atoms with E-state index in [1.807, 2.05) is 13.0 Å². The standard InChI is InChI=1S/C24H34O4/c1-13(2)17-12-20(26)24(6)10-9-15(4)22-18(11-14(3)7-8-19(17)24)21(16(5)25)23(27)28-22/h11-13,16,18-19,21,25H,7-10H2,1-6H3/b14-11-,22-15+/t16-,18-,19+,21-,24+/m0/s1. The van der Waals surface area contributed by atoms with Crippen molar-refractivity contribution in [2.24, 2.45) is 29.1 Å². The van der Waals surface area contributed by atoms with Crippen molar-refractivity contribution < 1.29 is 19.4 Å². The Morgan fingerprint density at radius 3 is 2.46 bits per heavy atom. The fourth-order valence-corrected chi connectivity index (χ4v) is 5.24. The molecule has 0 aromatic heterocycles. The molecular formula is C24H34O4. The quantitative estimate of drug-likeness (QED) is 0.550. The molecule has 154 valence electrons. The van der Waals surface area contributed by atoms with E-state index in [0.717, 1.165) is 31.3 Å². The third-order valence-corrected chi connectivity index (χ3v) is 7.12. The first-order valence-corrected chi connectivity index (χ1v) is 10.6. The lowest BCUT2D eigenvalue weighted by atomic mass is 9.69. The number of fused-ring (bicyclic) bond motifs is 2. The van der Waals surface area contributed by atoms with Crippen LogP contribution in [0.25, 0.3) is 0 Å². The molecule has 0 spiro atoms. The number of hydrogen-bond donors (Lipinski definition) is 1. The zero-order valence-corrected chi connectivity index (χ0v) is 18.0. The Morgan fingerprint density at radius 1 is 1.18 bits per heavy atom. The van der Waals surface area contributed by atoms with Gasteiger partial charge in [0.05, 0.1) is 17.9 Å². The molecule has 1 N–H and O–H groups in total. The van der Waals surface area contributed by atoms with Crippen LogP contribution >= 0.6 is 0 Å². The van der Waals surface area contributed by atoms with Crippen LogP contribution in [0.5, 0.6) is 0 Å². The molecule has 5 atom stereocenters. The number of aliphatic hydroxyl groups excluding tert-OH is 1. The second-order valence-corrected chi connectivity index (χ2v) is 9.54. The highest BCUT2D eigenvalue weighted by Gasteiger charge is 2.48. The summed E-state index contributed by atoms with van der Waals surface area (Å²) in [5, 5.41) is 10.2. The highest BCUT2D eigenvalue weighted by Crippen LogP contribution is 2.50. The number of allylic oxidation sites excluding steroid dienone is 5. The lowest BCUT2D eigenvalue weighted by Gasteiger charge is -2.33. The zero-order valence-electron chi connectivity index (χ0n) is 18.0. The van der Waals surface area contributed by atoms with Crippen molar-refractivity contribution in [2.75, 3.05) is 0 Å². The SMILES string of the molecule is C/C1=C/[C@@H]2/C(=C(/C)CC[C@@]3(C)C(=O)C=C(C(C)C)[C@H]3CC1)OC(=O)[C@H]2[C@H](C)O. The molecule has 0 aromatic carbocycles. The van der Waals surface area contributed by atoms with Gasteiger partial charge in [-0.25, -0.2) is 0 Å². The molecule has 1 fully saturated rings. The van der Waals surface area contributed by atoms with E-state index in [1.165, 1.54) is 11.1 Å². The molecule has 4 heteroatoms. The molecule has 1 saturated heterocycles. The molecule has 0 unspecified atom stereocenters. The van der Waals surface area contributed by atoms with Crippen LogP contribution in [-0.4, -0.2) is 23.0 Å². The number of rotatable bonds is 2. The summed E-state index contributed by atoms with van der Waals surface area (Å²) in [6.45, 7) is 12.2. The van der Waals surface area contributed by atoms with E-state index in [4.69, 9.17) is 4.74 Å². The van der Waals surface area contributed by atoms with E-state index in [1.54, 1.807) is 6.92 Å². The van der Waals surface area contributed by atoms with Gasteiger partial charge in [0.2, 0.25) is 0 Å². The van der Waals surface area contributed by atoms with Crippen molar-refractivity contribution in [3.8, 4) is 0 Å². The molecule has 0 saturated carbocycles. The van der Waals surface area contributed by atoms with Gasteiger partial charge in [0.1, 0.15) is 5.76 Å². The molecule has 0 bridgehead atoms. The number of esters is 1.